The maximum atomic E-state index is 12.6. The van der Waals surface area contributed by atoms with E-state index in [0.717, 1.165) is 37.1 Å². The third-order valence-electron chi connectivity index (χ3n) is 8.81. The normalized spacial score (nSPS) is 11.1. The van der Waals surface area contributed by atoms with Crippen molar-refractivity contribution < 1.29 is 14.4 Å². The lowest BCUT2D eigenvalue weighted by atomic mass is 10.0. The number of hydrogen-bond donors (Lipinski definition) is 3. The minimum atomic E-state index is -0.791. The Morgan fingerprint density at radius 1 is 0.432 bits per heavy atom. The predicted molar refractivity (Wildman–Crippen MR) is 187 cm³/mol. The quantitative estimate of drug-likeness (QED) is 0.0300. The van der Waals surface area contributed by atoms with Crippen LogP contribution in [0.2, 0.25) is 0 Å². The predicted octanol–water partition coefficient (Wildman–Crippen LogP) is 11.0. The summed E-state index contributed by atoms with van der Waals surface area (Å²) in [5.41, 5.74) is 4.45. The van der Waals surface area contributed by atoms with Crippen molar-refractivity contribution in [1.82, 2.24) is 15.9 Å². The highest BCUT2D eigenvalue weighted by Gasteiger charge is 2.22. The highest BCUT2D eigenvalue weighted by molar-refractivity contribution is 5.96. The smallest absolute Gasteiger partial charge is 0.274 e. The van der Waals surface area contributed by atoms with Gasteiger partial charge in [-0.15, -0.1) is 0 Å². The fraction of sp³-hybridized carbons (Fsp3) is 0.919. The number of urea groups is 1. The highest BCUT2D eigenvalue weighted by Crippen LogP contribution is 2.15. The average Bonchev–Trinajstić information content (AvgIpc) is 3.03. The van der Waals surface area contributed by atoms with Gasteiger partial charge in [-0.05, 0) is 12.8 Å². The number of hydrogen-bond acceptors (Lipinski definition) is 4. The van der Waals surface area contributed by atoms with Crippen LogP contribution in [0.3, 0.4) is 0 Å². The summed E-state index contributed by atoms with van der Waals surface area (Å²) in [5.74, 6) is 4.54. The lowest BCUT2D eigenvalue weighted by Gasteiger charge is -2.20. The van der Waals surface area contributed by atoms with Gasteiger partial charge >= 0.3 is 6.03 Å². The average molecular weight is 623 g/mol. The number of hydrazine groups is 2. The number of carbonyl (C=O) groups excluding carboxylic acids is 3. The molecule has 0 heterocycles. The Hall–Kier alpha value is -1.63. The molecule has 0 rings (SSSR count). The third kappa shape index (κ3) is 29.1. The SMILES string of the molecule is CCCCCCCCCCCCCCCCCC(=O)NN(C(=O)CCCCCCCCCCCCCCCCC)C(=O)NN. The number of amides is 4. The standard InChI is InChI=1S/C37H74N4O3/c1-3-5-7-9-11-13-15-17-19-21-23-25-27-29-31-33-35(42)40-41(37(44)39-38)36(43)34-32-30-28-26-24-22-20-18-16-14-12-10-8-6-4-2/h3-34,38H2,1-2H3,(H,39,44)(H,40,42). The van der Waals surface area contributed by atoms with Gasteiger partial charge in [-0.1, -0.05) is 194 Å². The third-order valence-corrected chi connectivity index (χ3v) is 8.81. The van der Waals surface area contributed by atoms with E-state index in [1.54, 1.807) is 0 Å². The molecule has 7 nitrogen and oxygen atoms in total. The van der Waals surface area contributed by atoms with E-state index in [4.69, 9.17) is 5.84 Å². The Labute approximate surface area is 273 Å². The molecule has 260 valence electrons. The molecule has 0 fully saturated rings. The lowest BCUT2D eigenvalue weighted by molar-refractivity contribution is -0.138. The van der Waals surface area contributed by atoms with Crippen LogP contribution in [0.4, 0.5) is 4.79 Å². The molecule has 0 unspecified atom stereocenters. The minimum Gasteiger partial charge on any atom is -0.274 e. The summed E-state index contributed by atoms with van der Waals surface area (Å²) in [4.78, 5) is 37.1. The number of nitrogens with one attached hydrogen (secondary N) is 2. The van der Waals surface area contributed by atoms with Crippen molar-refractivity contribution in [2.45, 2.75) is 219 Å². The van der Waals surface area contributed by atoms with Gasteiger partial charge in [0, 0.05) is 12.8 Å². The zero-order valence-electron chi connectivity index (χ0n) is 29.4. The lowest BCUT2D eigenvalue weighted by Crippen LogP contribution is -2.55. The molecule has 0 bridgehead atoms. The fourth-order valence-corrected chi connectivity index (χ4v) is 5.89. The van der Waals surface area contributed by atoms with Gasteiger partial charge in [-0.3, -0.25) is 20.4 Å². The van der Waals surface area contributed by atoms with Gasteiger partial charge < -0.3 is 0 Å². The van der Waals surface area contributed by atoms with Gasteiger partial charge in [0.25, 0.3) is 0 Å². The van der Waals surface area contributed by atoms with Crippen LogP contribution >= 0.6 is 0 Å². The summed E-state index contributed by atoms with van der Waals surface area (Å²) < 4.78 is 0. The maximum Gasteiger partial charge on any atom is 0.357 e. The molecular formula is C37H74N4O3. The van der Waals surface area contributed by atoms with E-state index in [1.807, 2.05) is 5.43 Å². The second-order valence-electron chi connectivity index (χ2n) is 13.1. The van der Waals surface area contributed by atoms with E-state index >= 15 is 0 Å². The topological polar surface area (TPSA) is 105 Å². The summed E-state index contributed by atoms with van der Waals surface area (Å²) in [6.07, 6.45) is 38.4. The van der Waals surface area contributed by atoms with Crippen molar-refractivity contribution in [2.75, 3.05) is 0 Å². The van der Waals surface area contributed by atoms with Crippen LogP contribution in [-0.4, -0.2) is 22.9 Å². The number of nitrogens with two attached hydrogens (primary N) is 1. The van der Waals surface area contributed by atoms with Gasteiger partial charge in [0.2, 0.25) is 11.8 Å². The number of nitrogens with zero attached hydrogens (tertiary/aromatic N) is 1. The summed E-state index contributed by atoms with van der Waals surface area (Å²) in [6, 6.07) is -0.791. The first-order valence-electron chi connectivity index (χ1n) is 19.2. The van der Waals surface area contributed by atoms with Crippen LogP contribution < -0.4 is 16.7 Å². The van der Waals surface area contributed by atoms with Crippen molar-refractivity contribution in [1.29, 1.82) is 0 Å². The first kappa shape index (κ1) is 42.4. The van der Waals surface area contributed by atoms with Crippen LogP contribution in [-0.2, 0) is 9.59 Å². The van der Waals surface area contributed by atoms with Crippen molar-refractivity contribution in [2.24, 2.45) is 5.84 Å². The van der Waals surface area contributed by atoms with E-state index in [1.165, 1.54) is 154 Å². The van der Waals surface area contributed by atoms with E-state index in [0.29, 0.717) is 12.8 Å². The number of unbranched alkanes of at least 4 members (excludes halogenated alkanes) is 28. The molecule has 0 aliphatic rings. The van der Waals surface area contributed by atoms with Crippen LogP contribution in [0.15, 0.2) is 0 Å². The van der Waals surface area contributed by atoms with Crippen LogP contribution in [0.1, 0.15) is 219 Å². The summed E-state index contributed by atoms with van der Waals surface area (Å²) in [7, 11) is 0. The van der Waals surface area contributed by atoms with Crippen LogP contribution in [0.5, 0.6) is 0 Å². The van der Waals surface area contributed by atoms with Crippen LogP contribution in [0.25, 0.3) is 0 Å². The summed E-state index contributed by atoms with van der Waals surface area (Å²) >= 11 is 0. The molecule has 44 heavy (non-hydrogen) atoms. The molecule has 0 aromatic heterocycles. The zero-order valence-corrected chi connectivity index (χ0v) is 29.4. The van der Waals surface area contributed by atoms with E-state index < -0.39 is 11.9 Å². The number of carbonyl (C=O) groups is 3. The zero-order chi connectivity index (χ0) is 32.4. The molecule has 0 aromatic carbocycles. The van der Waals surface area contributed by atoms with Gasteiger partial charge in [-0.2, -0.15) is 5.01 Å². The van der Waals surface area contributed by atoms with Crippen molar-refractivity contribution in [3.8, 4) is 0 Å². The molecule has 0 atom stereocenters. The number of imide groups is 1. The molecule has 0 saturated heterocycles. The summed E-state index contributed by atoms with van der Waals surface area (Å²) in [6.45, 7) is 4.53. The first-order valence-corrected chi connectivity index (χ1v) is 19.2. The Morgan fingerprint density at radius 2 is 0.705 bits per heavy atom. The van der Waals surface area contributed by atoms with E-state index in [2.05, 4.69) is 19.3 Å². The van der Waals surface area contributed by atoms with Crippen LogP contribution in [0, 0.1) is 0 Å². The minimum absolute atomic E-state index is 0.227. The number of rotatable bonds is 32. The highest BCUT2D eigenvalue weighted by atomic mass is 16.2. The van der Waals surface area contributed by atoms with E-state index in [-0.39, 0.29) is 12.3 Å². The van der Waals surface area contributed by atoms with Gasteiger partial charge in [-0.25, -0.2) is 10.6 Å². The molecular weight excluding hydrogens is 548 g/mol. The molecule has 4 amide bonds. The first-order chi connectivity index (χ1) is 21.6. The Balaban J connectivity index is 3.75. The van der Waals surface area contributed by atoms with Crippen molar-refractivity contribution in [3.63, 3.8) is 0 Å². The second kappa shape index (κ2) is 34.2. The van der Waals surface area contributed by atoms with Crippen molar-refractivity contribution >= 4 is 17.8 Å². The molecule has 0 spiro atoms. The van der Waals surface area contributed by atoms with E-state index in [9.17, 15) is 14.4 Å². The monoisotopic (exact) mass is 623 g/mol. The Morgan fingerprint density at radius 3 is 1.00 bits per heavy atom. The maximum absolute atomic E-state index is 12.6. The fourth-order valence-electron chi connectivity index (χ4n) is 5.89. The van der Waals surface area contributed by atoms with Gasteiger partial charge in [0.05, 0.1) is 0 Å². The molecule has 0 aliphatic carbocycles. The molecule has 0 saturated carbocycles. The summed E-state index contributed by atoms with van der Waals surface area (Å²) in [5, 5.41) is 0.761. The molecule has 0 aromatic rings. The molecule has 0 radical (unpaired) electrons. The Bertz CT molecular complexity index is 659. The molecule has 7 heteroatoms. The largest absolute Gasteiger partial charge is 0.357 e. The Kier molecular flexibility index (Phi) is 33.0. The van der Waals surface area contributed by atoms with Crippen molar-refractivity contribution in [3.05, 3.63) is 0 Å². The molecule has 0 aliphatic heterocycles. The van der Waals surface area contributed by atoms with Gasteiger partial charge in [0.15, 0.2) is 0 Å². The molecule has 4 N–H and O–H groups in total. The van der Waals surface area contributed by atoms with Gasteiger partial charge in [0.1, 0.15) is 0 Å². The second-order valence-corrected chi connectivity index (χ2v) is 13.1.